The number of nitrogens with zero attached hydrogens (tertiary/aromatic N) is 1. The highest BCUT2D eigenvalue weighted by molar-refractivity contribution is 7.99. The van der Waals surface area contributed by atoms with Gasteiger partial charge < -0.3 is 10.4 Å². The van der Waals surface area contributed by atoms with Crippen LogP contribution in [0, 0.1) is 5.41 Å². The van der Waals surface area contributed by atoms with Gasteiger partial charge in [0.2, 0.25) is 0 Å². The van der Waals surface area contributed by atoms with Gasteiger partial charge in [0.05, 0.1) is 6.42 Å². The second-order valence-electron chi connectivity index (χ2n) is 4.82. The van der Waals surface area contributed by atoms with Crippen molar-refractivity contribution >= 4 is 23.6 Å². The molecule has 1 aliphatic rings. The van der Waals surface area contributed by atoms with Crippen LogP contribution in [0.25, 0.3) is 0 Å². The van der Waals surface area contributed by atoms with Crippen molar-refractivity contribution in [2.24, 2.45) is 5.41 Å². The topological polar surface area (TPSA) is 79.3 Å². The molecule has 0 aliphatic heterocycles. The number of carboxylic acids is 1. The number of aromatic nitrogens is 1. The zero-order valence-electron chi connectivity index (χ0n) is 10.7. The molecular formula is C13H16N2O3S. The summed E-state index contributed by atoms with van der Waals surface area (Å²) in [5, 5.41) is 11.4. The first kappa shape index (κ1) is 13.9. The van der Waals surface area contributed by atoms with E-state index in [1.165, 1.54) is 0 Å². The molecule has 6 heteroatoms. The van der Waals surface area contributed by atoms with Crippen molar-refractivity contribution in [3.8, 4) is 0 Å². The lowest BCUT2D eigenvalue weighted by atomic mass is 10.1. The number of carboxylic acid groups (broad SMARTS) is 1. The molecule has 0 unspecified atom stereocenters. The van der Waals surface area contributed by atoms with Crippen molar-refractivity contribution < 1.29 is 14.7 Å². The highest BCUT2D eigenvalue weighted by atomic mass is 32.2. The molecule has 2 rings (SSSR count). The Kier molecular flexibility index (Phi) is 4.09. The summed E-state index contributed by atoms with van der Waals surface area (Å²) in [7, 11) is 1.57. The van der Waals surface area contributed by atoms with E-state index < -0.39 is 5.97 Å². The van der Waals surface area contributed by atoms with Crippen LogP contribution in [0.4, 0.5) is 0 Å². The maximum absolute atomic E-state index is 11.5. The third-order valence-electron chi connectivity index (χ3n) is 3.22. The molecule has 0 spiro atoms. The highest BCUT2D eigenvalue weighted by Crippen LogP contribution is 2.51. The molecule has 0 radical (unpaired) electrons. The summed E-state index contributed by atoms with van der Waals surface area (Å²) >= 11 is 1.59. The van der Waals surface area contributed by atoms with E-state index in [9.17, 15) is 9.59 Å². The summed E-state index contributed by atoms with van der Waals surface area (Å²) in [5.74, 6) is -0.177. The number of amides is 1. The van der Waals surface area contributed by atoms with Crippen LogP contribution in [-0.2, 0) is 4.79 Å². The predicted molar refractivity (Wildman–Crippen MR) is 72.3 cm³/mol. The fourth-order valence-electron chi connectivity index (χ4n) is 1.86. The smallest absolute Gasteiger partial charge is 0.303 e. The number of rotatable bonds is 6. The molecule has 0 aromatic carbocycles. The zero-order valence-corrected chi connectivity index (χ0v) is 11.5. The van der Waals surface area contributed by atoms with Crippen LogP contribution in [0.1, 0.15) is 29.8 Å². The van der Waals surface area contributed by atoms with Crippen LogP contribution in [0.3, 0.4) is 0 Å². The molecule has 0 bridgehead atoms. The normalized spacial score (nSPS) is 15.8. The Morgan fingerprint density at radius 1 is 1.53 bits per heavy atom. The maximum atomic E-state index is 11.5. The fraction of sp³-hybridized carbons (Fsp3) is 0.462. The minimum atomic E-state index is -0.737. The second-order valence-corrected chi connectivity index (χ2v) is 5.86. The minimum absolute atomic E-state index is 0.0487. The number of hydrogen-bond donors (Lipinski definition) is 2. The van der Waals surface area contributed by atoms with Gasteiger partial charge in [0.1, 0.15) is 5.69 Å². The summed E-state index contributed by atoms with van der Waals surface area (Å²) in [6.45, 7) is 0. The van der Waals surface area contributed by atoms with Gasteiger partial charge in [-0.2, -0.15) is 0 Å². The number of nitrogens with one attached hydrogen (secondary N) is 1. The van der Waals surface area contributed by atoms with Gasteiger partial charge in [-0.25, -0.2) is 0 Å². The van der Waals surface area contributed by atoms with E-state index in [4.69, 9.17) is 5.11 Å². The fourth-order valence-corrected chi connectivity index (χ4v) is 3.07. The summed E-state index contributed by atoms with van der Waals surface area (Å²) in [5.41, 5.74) is 0.336. The van der Waals surface area contributed by atoms with Crippen LogP contribution in [0.2, 0.25) is 0 Å². The van der Waals surface area contributed by atoms with E-state index in [0.29, 0.717) is 5.69 Å². The number of pyridine rings is 1. The predicted octanol–water partition coefficient (Wildman–Crippen LogP) is 1.79. The summed E-state index contributed by atoms with van der Waals surface area (Å²) in [4.78, 5) is 27.2. The molecule has 1 amide bonds. The molecule has 19 heavy (non-hydrogen) atoms. The van der Waals surface area contributed by atoms with Crippen molar-refractivity contribution in [2.75, 3.05) is 12.8 Å². The zero-order chi connectivity index (χ0) is 13.9. The quantitative estimate of drug-likeness (QED) is 0.777. The lowest BCUT2D eigenvalue weighted by molar-refractivity contribution is -0.138. The molecule has 0 saturated heterocycles. The number of carbonyl (C=O) groups is 2. The Morgan fingerprint density at radius 3 is 2.84 bits per heavy atom. The van der Waals surface area contributed by atoms with E-state index in [1.807, 2.05) is 6.07 Å². The molecule has 2 N–H and O–H groups in total. The first-order valence-corrected chi connectivity index (χ1v) is 7.06. The minimum Gasteiger partial charge on any atom is -0.481 e. The highest BCUT2D eigenvalue weighted by Gasteiger charge is 2.44. The van der Waals surface area contributed by atoms with Crippen molar-refractivity contribution in [2.45, 2.75) is 24.2 Å². The monoisotopic (exact) mass is 280 g/mol. The molecule has 1 fully saturated rings. The molecule has 102 valence electrons. The van der Waals surface area contributed by atoms with Gasteiger partial charge >= 0.3 is 5.97 Å². The molecule has 1 aromatic heterocycles. The lowest BCUT2D eigenvalue weighted by Gasteiger charge is -2.11. The van der Waals surface area contributed by atoms with E-state index in [1.54, 1.807) is 31.1 Å². The van der Waals surface area contributed by atoms with Crippen molar-refractivity contribution in [3.05, 3.63) is 24.0 Å². The number of thioether (sulfide) groups is 1. The SMILES string of the molecule is CNC(=O)c1cc(SCC2(CC(=O)O)CC2)ccn1. The standard InChI is InChI=1S/C13H16N2O3S/c1-14-12(18)10-6-9(2-5-15-10)19-8-13(3-4-13)7-11(16)17/h2,5-6H,3-4,7-8H2,1H3,(H,14,18)(H,16,17). The molecule has 1 aliphatic carbocycles. The van der Waals surface area contributed by atoms with E-state index in [0.717, 1.165) is 23.5 Å². The molecule has 1 heterocycles. The second kappa shape index (κ2) is 5.61. The van der Waals surface area contributed by atoms with Gasteiger partial charge in [-0.05, 0) is 30.4 Å². The average molecular weight is 280 g/mol. The van der Waals surface area contributed by atoms with E-state index >= 15 is 0 Å². The first-order valence-electron chi connectivity index (χ1n) is 6.07. The van der Waals surface area contributed by atoms with E-state index in [-0.39, 0.29) is 17.7 Å². The summed E-state index contributed by atoms with van der Waals surface area (Å²) < 4.78 is 0. The average Bonchev–Trinajstić information content (AvgIpc) is 3.15. The van der Waals surface area contributed by atoms with Gasteiger partial charge in [-0.3, -0.25) is 14.6 Å². The first-order chi connectivity index (χ1) is 9.04. The Morgan fingerprint density at radius 2 is 2.26 bits per heavy atom. The number of aliphatic carboxylic acids is 1. The van der Waals surface area contributed by atoms with Crippen molar-refractivity contribution in [3.63, 3.8) is 0 Å². The van der Waals surface area contributed by atoms with Crippen molar-refractivity contribution in [1.29, 1.82) is 0 Å². The molecule has 1 saturated carbocycles. The van der Waals surface area contributed by atoms with Crippen LogP contribution in [0.5, 0.6) is 0 Å². The van der Waals surface area contributed by atoms with Crippen molar-refractivity contribution in [1.82, 2.24) is 10.3 Å². The van der Waals surface area contributed by atoms with Gasteiger partial charge in [0, 0.05) is 23.9 Å². The third kappa shape index (κ3) is 3.70. The van der Waals surface area contributed by atoms with E-state index in [2.05, 4.69) is 10.3 Å². The molecule has 1 aromatic rings. The van der Waals surface area contributed by atoms with Crippen LogP contribution < -0.4 is 5.32 Å². The molecule has 5 nitrogen and oxygen atoms in total. The Labute approximate surface area is 115 Å². The molecular weight excluding hydrogens is 264 g/mol. The number of hydrogen-bond acceptors (Lipinski definition) is 4. The lowest BCUT2D eigenvalue weighted by Crippen LogP contribution is -2.19. The maximum Gasteiger partial charge on any atom is 0.303 e. The Balaban J connectivity index is 1.96. The third-order valence-corrected chi connectivity index (χ3v) is 4.56. The molecule has 0 atom stereocenters. The van der Waals surface area contributed by atoms with Crippen LogP contribution >= 0.6 is 11.8 Å². The van der Waals surface area contributed by atoms with Gasteiger partial charge in [0.15, 0.2) is 0 Å². The Bertz CT molecular complexity index is 500. The largest absolute Gasteiger partial charge is 0.481 e. The Hall–Kier alpha value is -1.56. The summed E-state index contributed by atoms with van der Waals surface area (Å²) in [6.07, 6.45) is 3.77. The van der Waals surface area contributed by atoms with Gasteiger partial charge in [-0.1, -0.05) is 0 Å². The summed E-state index contributed by atoms with van der Waals surface area (Å²) in [6, 6.07) is 3.58. The van der Waals surface area contributed by atoms with Crippen LogP contribution in [-0.4, -0.2) is 34.8 Å². The van der Waals surface area contributed by atoms with Crippen LogP contribution in [0.15, 0.2) is 23.2 Å². The number of carbonyl (C=O) groups excluding carboxylic acids is 1. The van der Waals surface area contributed by atoms with Gasteiger partial charge in [-0.15, -0.1) is 11.8 Å². The van der Waals surface area contributed by atoms with Gasteiger partial charge in [0.25, 0.3) is 5.91 Å².